The average Bonchev–Trinajstić information content (AvgIpc) is 3.39. The number of nitrogens with two attached hydrogens (primary N) is 3. The number of hydrogen-bond donors (Lipinski definition) is 3. The molecule has 0 saturated heterocycles. The molecule has 206 valence electrons. The highest BCUT2D eigenvalue weighted by Gasteiger charge is 2.27. The second kappa shape index (κ2) is 11.3. The largest absolute Gasteiger partial charge is 0.460 e. The number of esters is 1. The van der Waals surface area contributed by atoms with Gasteiger partial charge in [0.15, 0.2) is 11.6 Å². The second-order valence-corrected chi connectivity index (χ2v) is 9.66. The van der Waals surface area contributed by atoms with Gasteiger partial charge in [0.05, 0.1) is 5.52 Å². The summed E-state index contributed by atoms with van der Waals surface area (Å²) < 4.78 is 34.0. The van der Waals surface area contributed by atoms with Gasteiger partial charge in [-0.2, -0.15) is 0 Å². The summed E-state index contributed by atoms with van der Waals surface area (Å²) >= 11 is 0. The van der Waals surface area contributed by atoms with Gasteiger partial charge in [-0.15, -0.1) is 0 Å². The van der Waals surface area contributed by atoms with E-state index in [1.807, 2.05) is 24.3 Å². The van der Waals surface area contributed by atoms with Crippen molar-refractivity contribution in [1.29, 1.82) is 0 Å². The van der Waals surface area contributed by atoms with Gasteiger partial charge in [0, 0.05) is 24.0 Å². The molecule has 9 nitrogen and oxygen atoms in total. The Kier molecular flexibility index (Phi) is 7.67. The molecule has 1 aromatic heterocycles. The molecule has 1 atom stereocenters. The van der Waals surface area contributed by atoms with Crippen LogP contribution in [0.3, 0.4) is 0 Å². The van der Waals surface area contributed by atoms with Crippen LogP contribution in [-0.4, -0.2) is 39.3 Å². The molecule has 6 N–H and O–H groups in total. The number of amides is 1. The molecule has 5 rings (SSSR count). The molecule has 0 fully saturated rings. The van der Waals surface area contributed by atoms with E-state index < -0.39 is 23.6 Å². The van der Waals surface area contributed by atoms with Crippen LogP contribution in [0.15, 0.2) is 54.6 Å². The Morgan fingerprint density at radius 1 is 1.00 bits per heavy atom. The summed E-state index contributed by atoms with van der Waals surface area (Å²) in [6.45, 7) is 0.884. The summed E-state index contributed by atoms with van der Waals surface area (Å²) in [5.41, 5.74) is 20.8. The van der Waals surface area contributed by atoms with Gasteiger partial charge in [-0.1, -0.05) is 30.3 Å². The zero-order valence-electron chi connectivity index (χ0n) is 21.6. The third-order valence-electron chi connectivity index (χ3n) is 6.89. The smallest absolute Gasteiger partial charge is 0.323 e. The van der Waals surface area contributed by atoms with E-state index in [9.17, 15) is 18.4 Å². The maximum atomic E-state index is 14.4. The minimum absolute atomic E-state index is 0.0632. The zero-order chi connectivity index (χ0) is 28.4. The number of ether oxygens (including phenoxy) is 1. The van der Waals surface area contributed by atoms with Gasteiger partial charge in [-0.05, 0) is 65.9 Å². The summed E-state index contributed by atoms with van der Waals surface area (Å²) in [4.78, 5) is 36.1. The van der Waals surface area contributed by atoms with Crippen molar-refractivity contribution in [2.75, 3.05) is 12.3 Å². The van der Waals surface area contributed by atoms with Crippen LogP contribution >= 0.6 is 0 Å². The van der Waals surface area contributed by atoms with Crippen LogP contribution in [0.2, 0.25) is 0 Å². The van der Waals surface area contributed by atoms with Crippen LogP contribution in [0.1, 0.15) is 40.0 Å². The molecule has 0 radical (unpaired) electrons. The third kappa shape index (κ3) is 5.47. The Morgan fingerprint density at radius 3 is 2.40 bits per heavy atom. The van der Waals surface area contributed by atoms with Crippen molar-refractivity contribution in [2.24, 2.45) is 11.5 Å². The van der Waals surface area contributed by atoms with Crippen LogP contribution in [-0.2, 0) is 29.2 Å². The Morgan fingerprint density at radius 2 is 1.70 bits per heavy atom. The molecule has 1 aliphatic rings. The first-order chi connectivity index (χ1) is 19.2. The predicted octanol–water partition coefficient (Wildman–Crippen LogP) is 3.42. The Labute approximate surface area is 228 Å². The highest BCUT2D eigenvalue weighted by Crippen LogP contribution is 2.32. The molecule has 2 heterocycles. The maximum absolute atomic E-state index is 14.4. The number of halogens is 2. The number of aromatic nitrogens is 2. The van der Waals surface area contributed by atoms with E-state index in [1.165, 1.54) is 0 Å². The molecule has 3 aromatic carbocycles. The predicted molar refractivity (Wildman–Crippen MR) is 145 cm³/mol. The van der Waals surface area contributed by atoms with Gasteiger partial charge >= 0.3 is 5.97 Å². The summed E-state index contributed by atoms with van der Waals surface area (Å²) in [6, 6.07) is 13.8. The SMILES string of the molecule is NCCCC(N)C(=O)OCc1cc(F)c(F)cc1-c1ccc2nc(N)nc(C(=O)N3Cc4ccccc4C3)c2c1. The number of nitrogen functional groups attached to an aromatic ring is 1. The Hall–Kier alpha value is -4.48. The zero-order valence-corrected chi connectivity index (χ0v) is 21.6. The molecule has 0 aliphatic carbocycles. The van der Waals surface area contributed by atoms with Crippen LogP contribution in [0.25, 0.3) is 22.0 Å². The number of carbonyl (C=O) groups is 2. The molecule has 1 aliphatic heterocycles. The average molecular weight is 547 g/mol. The number of carbonyl (C=O) groups excluding carboxylic acids is 2. The second-order valence-electron chi connectivity index (χ2n) is 9.66. The monoisotopic (exact) mass is 546 g/mol. The lowest BCUT2D eigenvalue weighted by atomic mass is 9.97. The van der Waals surface area contributed by atoms with Crippen LogP contribution in [0, 0.1) is 11.6 Å². The minimum Gasteiger partial charge on any atom is -0.460 e. The standard InChI is InChI=1S/C29H28F2N6O3/c30-22-11-19(15-40-28(39)24(33)6-3-9-32)20(12-23(22)31)16-7-8-25-21(10-16)26(36-29(34)35-25)27(38)37-13-17-4-1-2-5-18(17)14-37/h1-2,4-5,7-8,10-12,24H,3,6,9,13-15,32-33H2,(H2,34,35,36). The fourth-order valence-corrected chi connectivity index (χ4v) is 4.79. The van der Waals surface area contributed by atoms with Crippen molar-refractivity contribution in [1.82, 2.24) is 14.9 Å². The van der Waals surface area contributed by atoms with E-state index in [0.717, 1.165) is 23.3 Å². The van der Waals surface area contributed by atoms with Gasteiger partial charge in [0.25, 0.3) is 5.91 Å². The van der Waals surface area contributed by atoms with Gasteiger partial charge in [0.2, 0.25) is 5.95 Å². The van der Waals surface area contributed by atoms with E-state index in [4.69, 9.17) is 21.9 Å². The lowest BCUT2D eigenvalue weighted by Gasteiger charge is -2.17. The number of anilines is 1. The van der Waals surface area contributed by atoms with E-state index in [0.29, 0.717) is 48.9 Å². The molecule has 0 saturated carbocycles. The lowest BCUT2D eigenvalue weighted by molar-refractivity contribution is -0.146. The Balaban J connectivity index is 1.49. The number of fused-ring (bicyclic) bond motifs is 2. The molecule has 0 spiro atoms. The quantitative estimate of drug-likeness (QED) is 0.285. The lowest BCUT2D eigenvalue weighted by Crippen LogP contribution is -2.32. The summed E-state index contributed by atoms with van der Waals surface area (Å²) in [5, 5.41) is 0.393. The van der Waals surface area contributed by atoms with Crippen molar-refractivity contribution in [2.45, 2.75) is 38.6 Å². The van der Waals surface area contributed by atoms with Crippen molar-refractivity contribution >= 4 is 28.7 Å². The first-order valence-electron chi connectivity index (χ1n) is 12.8. The molecular weight excluding hydrogens is 518 g/mol. The van der Waals surface area contributed by atoms with Gasteiger partial charge < -0.3 is 26.8 Å². The normalized spacial score (nSPS) is 13.3. The summed E-state index contributed by atoms with van der Waals surface area (Å²) in [6.07, 6.45) is 0.883. The highest BCUT2D eigenvalue weighted by molar-refractivity contribution is 6.06. The number of nitrogens with zero attached hydrogens (tertiary/aromatic N) is 3. The van der Waals surface area contributed by atoms with Gasteiger partial charge in [-0.3, -0.25) is 9.59 Å². The first-order valence-corrected chi connectivity index (χ1v) is 12.8. The van der Waals surface area contributed by atoms with Gasteiger partial charge in [0.1, 0.15) is 18.3 Å². The molecule has 11 heteroatoms. The van der Waals surface area contributed by atoms with Crippen molar-refractivity contribution in [3.63, 3.8) is 0 Å². The Bertz CT molecular complexity index is 1590. The fraction of sp³-hybridized carbons (Fsp3) is 0.241. The minimum atomic E-state index is -1.09. The summed E-state index contributed by atoms with van der Waals surface area (Å²) in [5.74, 6) is -3.25. The van der Waals surface area contributed by atoms with E-state index in [1.54, 1.807) is 23.1 Å². The summed E-state index contributed by atoms with van der Waals surface area (Å²) in [7, 11) is 0. The highest BCUT2D eigenvalue weighted by atomic mass is 19.2. The van der Waals surface area contributed by atoms with E-state index in [-0.39, 0.29) is 35.3 Å². The molecule has 1 amide bonds. The molecule has 40 heavy (non-hydrogen) atoms. The third-order valence-corrected chi connectivity index (χ3v) is 6.89. The first kappa shape index (κ1) is 27.1. The number of benzene rings is 3. The number of hydrogen-bond acceptors (Lipinski definition) is 8. The molecule has 0 bridgehead atoms. The van der Waals surface area contributed by atoms with Crippen LogP contribution < -0.4 is 17.2 Å². The topological polar surface area (TPSA) is 150 Å². The molecule has 4 aromatic rings. The molecule has 1 unspecified atom stereocenters. The van der Waals surface area contributed by atoms with Crippen molar-refractivity contribution in [3.8, 4) is 11.1 Å². The van der Waals surface area contributed by atoms with Gasteiger partial charge in [-0.25, -0.2) is 18.7 Å². The van der Waals surface area contributed by atoms with Crippen LogP contribution in [0.5, 0.6) is 0 Å². The van der Waals surface area contributed by atoms with E-state index >= 15 is 0 Å². The molecular formula is C29H28F2N6O3. The maximum Gasteiger partial charge on any atom is 0.323 e. The number of rotatable bonds is 8. The van der Waals surface area contributed by atoms with E-state index in [2.05, 4.69) is 9.97 Å². The van der Waals surface area contributed by atoms with Crippen LogP contribution in [0.4, 0.5) is 14.7 Å². The van der Waals surface area contributed by atoms with Crippen molar-refractivity contribution < 1.29 is 23.1 Å². The van der Waals surface area contributed by atoms with Crippen molar-refractivity contribution in [3.05, 3.63) is 88.6 Å². The fourth-order valence-electron chi connectivity index (χ4n) is 4.79.